The van der Waals surface area contributed by atoms with Crippen LogP contribution in [0.15, 0.2) is 48.5 Å². The summed E-state index contributed by atoms with van der Waals surface area (Å²) in [4.78, 5) is 0. The van der Waals surface area contributed by atoms with E-state index in [0.29, 0.717) is 24.1 Å². The van der Waals surface area contributed by atoms with E-state index in [9.17, 15) is 0 Å². The van der Waals surface area contributed by atoms with Crippen molar-refractivity contribution in [3.8, 4) is 23.2 Å². The highest BCUT2D eigenvalue weighted by Crippen LogP contribution is 2.32. The minimum absolute atomic E-state index is 0. The average Bonchev–Trinajstić information content (AvgIpc) is 3.11. The minimum atomic E-state index is 0. The molecule has 1 N–H and O–H groups in total. The Morgan fingerprint density at radius 1 is 1.07 bits per heavy atom. The molecule has 3 rings (SSSR count). The van der Waals surface area contributed by atoms with Crippen LogP contribution in [0.5, 0.6) is 17.5 Å². The molecule has 0 bridgehead atoms. The van der Waals surface area contributed by atoms with Crippen LogP contribution in [0.1, 0.15) is 26.3 Å². The van der Waals surface area contributed by atoms with Crippen LogP contribution in [0.2, 0.25) is 0 Å². The summed E-state index contributed by atoms with van der Waals surface area (Å²) in [5, 5.41) is 15.1. The largest absolute Gasteiger partial charge is 1.00 e. The molecule has 0 unspecified atom stereocenters. The van der Waals surface area contributed by atoms with Gasteiger partial charge in [-0.15, -0.1) is 0 Å². The van der Waals surface area contributed by atoms with E-state index in [-0.39, 0.29) is 18.4 Å². The molecule has 144 valence electrons. The summed E-state index contributed by atoms with van der Waals surface area (Å²) in [6.45, 7) is 7.48. The Bertz CT molecular complexity index is 839. The Morgan fingerprint density at radius 2 is 1.85 bits per heavy atom. The third-order valence-corrected chi connectivity index (χ3v) is 3.67. The fourth-order valence-corrected chi connectivity index (χ4v) is 2.41. The van der Waals surface area contributed by atoms with Gasteiger partial charge in [0.1, 0.15) is 0 Å². The summed E-state index contributed by atoms with van der Waals surface area (Å²) >= 11 is 0. The second-order valence-corrected chi connectivity index (χ2v) is 6.06. The molecule has 0 spiro atoms. The van der Waals surface area contributed by atoms with Gasteiger partial charge in [0.25, 0.3) is 0 Å². The first-order valence-corrected chi connectivity index (χ1v) is 8.68. The molecule has 2 aromatic carbocycles. The minimum Gasteiger partial charge on any atom is -1.00 e. The quantitative estimate of drug-likeness (QED) is 0.600. The molecular weight excluding hydrogens is 366 g/mol. The molecule has 27 heavy (non-hydrogen) atoms. The van der Waals surface area contributed by atoms with Crippen LogP contribution < -0.4 is 27.2 Å². The second kappa shape index (κ2) is 9.89. The van der Waals surface area contributed by atoms with Crippen LogP contribution in [0.4, 0.5) is 0 Å². The fraction of sp³-hybridized carbons (Fsp3) is 0.316. The summed E-state index contributed by atoms with van der Waals surface area (Å²) in [5.74, 6) is 1.24. The lowest BCUT2D eigenvalue weighted by Crippen LogP contribution is -3.00. The molecule has 8 heteroatoms. The molecule has 0 atom stereocenters. The third-order valence-electron chi connectivity index (χ3n) is 3.67. The summed E-state index contributed by atoms with van der Waals surface area (Å²) in [5.41, 5.74) is 1.94. The van der Waals surface area contributed by atoms with Gasteiger partial charge in [-0.1, -0.05) is 43.2 Å². The zero-order chi connectivity index (χ0) is 18.4. The maximum Gasteiger partial charge on any atom is 0.346 e. The van der Waals surface area contributed by atoms with E-state index in [0.717, 1.165) is 17.8 Å². The van der Waals surface area contributed by atoms with E-state index in [1.54, 1.807) is 4.68 Å². The van der Waals surface area contributed by atoms with Gasteiger partial charge in [0.15, 0.2) is 11.5 Å². The number of aromatic nitrogens is 4. The van der Waals surface area contributed by atoms with Gasteiger partial charge in [-0.3, -0.25) is 0 Å². The molecule has 7 nitrogen and oxygen atoms in total. The van der Waals surface area contributed by atoms with Crippen molar-refractivity contribution in [2.75, 3.05) is 6.61 Å². The first-order valence-electron chi connectivity index (χ1n) is 8.68. The Morgan fingerprint density at radius 3 is 2.56 bits per heavy atom. The van der Waals surface area contributed by atoms with E-state index in [1.807, 2.05) is 55.5 Å². The highest BCUT2D eigenvalue weighted by atomic mass is 35.5. The number of halogens is 1. The molecule has 0 aliphatic heterocycles. The third kappa shape index (κ3) is 5.42. The lowest BCUT2D eigenvalue weighted by molar-refractivity contribution is -0.00000673. The lowest BCUT2D eigenvalue weighted by atomic mass is 10.2. The standard InChI is InChI=1S/C19H23N5O2.ClH/c1-4-25-18-12-15(13-20-14(2)3)10-11-17(18)26-19-21-22-23-24(19)16-8-6-5-7-9-16;/h5-12,14,20H,4,13H2,1-3H3;1H/p-1. The normalized spacial score (nSPS) is 10.5. The smallest absolute Gasteiger partial charge is 0.346 e. The Kier molecular flexibility index (Phi) is 7.57. The SMILES string of the molecule is CCOc1cc(CNC(C)C)ccc1Oc1nnnn1-c1ccccc1.[Cl-]. The first-order chi connectivity index (χ1) is 12.7. The van der Waals surface area contributed by atoms with E-state index >= 15 is 0 Å². The molecule has 0 aliphatic carbocycles. The van der Waals surface area contributed by atoms with Gasteiger partial charge >= 0.3 is 6.01 Å². The molecule has 0 saturated heterocycles. The number of nitrogens with zero attached hydrogens (tertiary/aromatic N) is 4. The fourth-order valence-electron chi connectivity index (χ4n) is 2.41. The second-order valence-electron chi connectivity index (χ2n) is 6.06. The van der Waals surface area contributed by atoms with Gasteiger partial charge < -0.3 is 27.2 Å². The zero-order valence-corrected chi connectivity index (χ0v) is 16.3. The predicted octanol–water partition coefficient (Wildman–Crippen LogP) is 0.355. The topological polar surface area (TPSA) is 74.1 Å². The molecule has 0 saturated carbocycles. The van der Waals surface area contributed by atoms with E-state index < -0.39 is 0 Å². The molecule has 1 heterocycles. The summed E-state index contributed by atoms with van der Waals surface area (Å²) in [6.07, 6.45) is 0. The summed E-state index contributed by atoms with van der Waals surface area (Å²) in [6, 6.07) is 16.2. The van der Waals surface area contributed by atoms with Crippen LogP contribution in [-0.2, 0) is 6.54 Å². The van der Waals surface area contributed by atoms with Crippen molar-refractivity contribution in [1.82, 2.24) is 25.5 Å². The van der Waals surface area contributed by atoms with Crippen LogP contribution in [0, 0.1) is 0 Å². The number of hydrogen-bond donors (Lipinski definition) is 1. The van der Waals surface area contributed by atoms with Crippen molar-refractivity contribution < 1.29 is 21.9 Å². The average molecular weight is 389 g/mol. The highest BCUT2D eigenvalue weighted by molar-refractivity contribution is 5.44. The Hall–Kier alpha value is -2.64. The van der Waals surface area contributed by atoms with Crippen LogP contribution in [0.3, 0.4) is 0 Å². The molecule has 0 fully saturated rings. The predicted molar refractivity (Wildman–Crippen MR) is 98.8 cm³/mol. The number of rotatable bonds is 8. The number of hydrogen-bond acceptors (Lipinski definition) is 6. The highest BCUT2D eigenvalue weighted by Gasteiger charge is 2.14. The van der Waals surface area contributed by atoms with Gasteiger partial charge in [-0.2, -0.15) is 4.68 Å². The lowest BCUT2D eigenvalue weighted by Gasteiger charge is -2.14. The Labute approximate surface area is 165 Å². The molecular formula is C19H23ClN5O2-. The maximum atomic E-state index is 5.95. The summed E-state index contributed by atoms with van der Waals surface area (Å²) in [7, 11) is 0. The summed E-state index contributed by atoms with van der Waals surface area (Å²) < 4.78 is 13.2. The first kappa shape index (κ1) is 20.7. The molecule has 0 aliphatic rings. The number of ether oxygens (including phenoxy) is 2. The molecule has 1 aromatic heterocycles. The van der Waals surface area contributed by atoms with E-state index in [1.165, 1.54) is 0 Å². The molecule has 0 amide bonds. The van der Waals surface area contributed by atoms with Gasteiger partial charge in [-0.05, 0) is 47.2 Å². The number of para-hydroxylation sites is 1. The molecule has 0 radical (unpaired) electrons. The Balaban J connectivity index is 0.00000261. The van der Waals surface area contributed by atoms with Crippen molar-refractivity contribution in [3.05, 3.63) is 54.1 Å². The van der Waals surface area contributed by atoms with Crippen molar-refractivity contribution in [3.63, 3.8) is 0 Å². The van der Waals surface area contributed by atoms with Gasteiger partial charge in [0.05, 0.1) is 12.3 Å². The van der Waals surface area contributed by atoms with Gasteiger partial charge in [0, 0.05) is 12.6 Å². The van der Waals surface area contributed by atoms with Crippen LogP contribution >= 0.6 is 0 Å². The van der Waals surface area contributed by atoms with Crippen LogP contribution in [0.25, 0.3) is 5.69 Å². The molecule has 3 aromatic rings. The van der Waals surface area contributed by atoms with Gasteiger partial charge in [0.2, 0.25) is 0 Å². The van der Waals surface area contributed by atoms with Gasteiger partial charge in [-0.25, -0.2) is 0 Å². The number of nitrogens with one attached hydrogen (secondary N) is 1. The van der Waals surface area contributed by atoms with E-state index in [4.69, 9.17) is 9.47 Å². The monoisotopic (exact) mass is 388 g/mol. The number of benzene rings is 2. The van der Waals surface area contributed by atoms with Crippen LogP contribution in [-0.4, -0.2) is 32.9 Å². The van der Waals surface area contributed by atoms with Crippen molar-refractivity contribution >= 4 is 0 Å². The van der Waals surface area contributed by atoms with E-state index in [2.05, 4.69) is 34.7 Å². The van der Waals surface area contributed by atoms with Crippen molar-refractivity contribution in [1.29, 1.82) is 0 Å². The van der Waals surface area contributed by atoms with Crippen molar-refractivity contribution in [2.24, 2.45) is 0 Å². The zero-order valence-electron chi connectivity index (χ0n) is 15.6. The number of tetrazole rings is 1. The maximum absolute atomic E-state index is 5.95. The van der Waals surface area contributed by atoms with Crippen molar-refractivity contribution in [2.45, 2.75) is 33.4 Å².